The number of rotatable bonds is 4. The number of ketones is 1. The van der Waals surface area contributed by atoms with E-state index in [0.29, 0.717) is 18.4 Å². The lowest BCUT2D eigenvalue weighted by Gasteiger charge is -2.21. The molecule has 2 rings (SSSR count). The quantitative estimate of drug-likeness (QED) is 0.867. The maximum atomic E-state index is 13.4. The van der Waals surface area contributed by atoms with Gasteiger partial charge in [-0.2, -0.15) is 0 Å². The minimum absolute atomic E-state index is 0.135. The average Bonchev–Trinajstić information content (AvgIpc) is 2.38. The summed E-state index contributed by atoms with van der Waals surface area (Å²) in [4.78, 5) is 11.9. The van der Waals surface area contributed by atoms with Crippen LogP contribution in [0.5, 0.6) is 0 Å². The third kappa shape index (κ3) is 3.37. The lowest BCUT2D eigenvalue weighted by Crippen LogP contribution is -2.34. The molecule has 1 aromatic carbocycles. The number of carbonyl (C=O) groups excluding carboxylic acids is 1. The predicted molar refractivity (Wildman–Crippen MR) is 65.3 cm³/mol. The summed E-state index contributed by atoms with van der Waals surface area (Å²) in [6.45, 7) is 1.80. The second kappa shape index (κ2) is 5.92. The van der Waals surface area contributed by atoms with E-state index in [9.17, 15) is 9.18 Å². The fourth-order valence-corrected chi connectivity index (χ4v) is 2.29. The first kappa shape index (κ1) is 12.2. The first-order valence-corrected chi connectivity index (χ1v) is 6.24. The summed E-state index contributed by atoms with van der Waals surface area (Å²) in [5.74, 6) is 0.193. The molecule has 0 radical (unpaired) electrons. The van der Waals surface area contributed by atoms with Crippen molar-refractivity contribution >= 4 is 5.78 Å². The van der Waals surface area contributed by atoms with E-state index in [2.05, 4.69) is 5.32 Å². The van der Waals surface area contributed by atoms with E-state index in [1.54, 1.807) is 12.1 Å². The van der Waals surface area contributed by atoms with Crippen LogP contribution in [0.15, 0.2) is 24.3 Å². The average molecular weight is 235 g/mol. The number of carbonyl (C=O) groups is 1. The Hall–Kier alpha value is -1.22. The van der Waals surface area contributed by atoms with Gasteiger partial charge in [0.15, 0.2) is 0 Å². The van der Waals surface area contributed by atoms with Crippen LogP contribution >= 0.6 is 0 Å². The highest BCUT2D eigenvalue weighted by Crippen LogP contribution is 2.15. The first-order chi connectivity index (χ1) is 8.27. The molecule has 1 fully saturated rings. The van der Waals surface area contributed by atoms with Gasteiger partial charge in [-0.05, 0) is 37.4 Å². The number of benzene rings is 1. The number of aryl methyl sites for hydroxylation is 1. The number of Topliss-reactive ketones (excluding diaryl/α,β-unsaturated/α-hetero) is 1. The van der Waals surface area contributed by atoms with Crippen molar-refractivity contribution in [2.45, 2.75) is 25.7 Å². The molecule has 1 unspecified atom stereocenters. The number of nitrogens with one attached hydrogen (secondary N) is 1. The van der Waals surface area contributed by atoms with E-state index in [4.69, 9.17) is 0 Å². The molecule has 1 N–H and O–H groups in total. The Morgan fingerprint density at radius 2 is 2.24 bits per heavy atom. The minimum atomic E-state index is -0.206. The third-order valence-electron chi connectivity index (χ3n) is 3.35. The van der Waals surface area contributed by atoms with Gasteiger partial charge in [0.2, 0.25) is 0 Å². The maximum Gasteiger partial charge on any atom is 0.137 e. The molecule has 1 aliphatic rings. The van der Waals surface area contributed by atoms with Crippen molar-refractivity contribution in [1.29, 1.82) is 0 Å². The van der Waals surface area contributed by atoms with Crippen LogP contribution in [0.25, 0.3) is 0 Å². The van der Waals surface area contributed by atoms with Gasteiger partial charge < -0.3 is 5.32 Å². The highest BCUT2D eigenvalue weighted by atomic mass is 19.1. The molecule has 1 heterocycles. The second-order valence-corrected chi connectivity index (χ2v) is 4.60. The normalized spacial score (nSPS) is 20.2. The van der Waals surface area contributed by atoms with Crippen LogP contribution in [0.1, 0.15) is 24.8 Å². The van der Waals surface area contributed by atoms with Crippen LogP contribution < -0.4 is 5.32 Å². The topological polar surface area (TPSA) is 29.1 Å². The zero-order valence-electron chi connectivity index (χ0n) is 9.92. The summed E-state index contributed by atoms with van der Waals surface area (Å²) in [5.41, 5.74) is 0.643. The summed E-state index contributed by atoms with van der Waals surface area (Å²) in [6.07, 6.45) is 3.01. The Labute approximate surface area is 101 Å². The molecular weight excluding hydrogens is 217 g/mol. The Bertz CT molecular complexity index is 386. The molecule has 0 aliphatic carbocycles. The van der Waals surface area contributed by atoms with Crippen LogP contribution in [0, 0.1) is 11.7 Å². The summed E-state index contributed by atoms with van der Waals surface area (Å²) >= 11 is 0. The van der Waals surface area contributed by atoms with Gasteiger partial charge >= 0.3 is 0 Å². The van der Waals surface area contributed by atoms with Gasteiger partial charge in [-0.15, -0.1) is 0 Å². The van der Waals surface area contributed by atoms with E-state index in [1.165, 1.54) is 6.07 Å². The molecule has 1 saturated heterocycles. The van der Waals surface area contributed by atoms with Crippen molar-refractivity contribution in [2.24, 2.45) is 5.92 Å². The predicted octanol–water partition coefficient (Wildman–Crippen LogP) is 2.33. The molecule has 0 aromatic heterocycles. The molecule has 0 amide bonds. The van der Waals surface area contributed by atoms with Gasteiger partial charge in [0.1, 0.15) is 11.6 Å². The third-order valence-corrected chi connectivity index (χ3v) is 3.35. The molecule has 92 valence electrons. The number of hydrogen-bond acceptors (Lipinski definition) is 2. The van der Waals surface area contributed by atoms with E-state index >= 15 is 0 Å². The summed E-state index contributed by atoms with van der Waals surface area (Å²) < 4.78 is 13.4. The molecule has 17 heavy (non-hydrogen) atoms. The summed E-state index contributed by atoms with van der Waals surface area (Å²) in [7, 11) is 0. The monoisotopic (exact) mass is 235 g/mol. The Balaban J connectivity index is 1.85. The molecule has 1 aromatic rings. The van der Waals surface area contributed by atoms with E-state index < -0.39 is 0 Å². The number of piperidine rings is 1. The highest BCUT2D eigenvalue weighted by Gasteiger charge is 2.20. The fraction of sp³-hybridized carbons (Fsp3) is 0.500. The van der Waals surface area contributed by atoms with Crippen LogP contribution in [-0.2, 0) is 11.2 Å². The van der Waals surface area contributed by atoms with Crippen molar-refractivity contribution in [3.63, 3.8) is 0 Å². The van der Waals surface area contributed by atoms with Gasteiger partial charge in [0.05, 0.1) is 0 Å². The Morgan fingerprint density at radius 1 is 1.41 bits per heavy atom. The molecular formula is C14H18FNO. The van der Waals surface area contributed by atoms with Crippen LogP contribution in [0.4, 0.5) is 4.39 Å². The lowest BCUT2D eigenvalue weighted by atomic mass is 9.91. The molecule has 2 nitrogen and oxygen atoms in total. The van der Waals surface area contributed by atoms with Crippen LogP contribution in [0.3, 0.4) is 0 Å². The van der Waals surface area contributed by atoms with Crippen molar-refractivity contribution in [1.82, 2.24) is 5.32 Å². The first-order valence-electron chi connectivity index (χ1n) is 6.24. The lowest BCUT2D eigenvalue weighted by molar-refractivity contribution is -0.123. The Morgan fingerprint density at radius 3 is 2.94 bits per heavy atom. The molecule has 0 bridgehead atoms. The summed E-state index contributed by atoms with van der Waals surface area (Å²) in [6, 6.07) is 6.68. The standard InChI is InChI=1S/C14H18FNO/c15-13-6-2-1-4-11(13)7-8-14(17)12-5-3-9-16-10-12/h1-2,4,6,12,16H,3,5,7-10H2. The van der Waals surface area contributed by atoms with Crippen molar-refractivity contribution in [2.75, 3.05) is 13.1 Å². The number of halogens is 1. The highest BCUT2D eigenvalue weighted by molar-refractivity contribution is 5.81. The van der Waals surface area contributed by atoms with Crippen molar-refractivity contribution in [3.05, 3.63) is 35.6 Å². The largest absolute Gasteiger partial charge is 0.316 e. The molecule has 3 heteroatoms. The molecule has 1 atom stereocenters. The van der Waals surface area contributed by atoms with Gasteiger partial charge in [-0.3, -0.25) is 4.79 Å². The van der Waals surface area contributed by atoms with Gasteiger partial charge in [0, 0.05) is 18.9 Å². The fourth-order valence-electron chi connectivity index (χ4n) is 2.29. The summed E-state index contributed by atoms with van der Waals surface area (Å²) in [5, 5.41) is 3.23. The van der Waals surface area contributed by atoms with Gasteiger partial charge in [-0.25, -0.2) is 4.39 Å². The van der Waals surface area contributed by atoms with Gasteiger partial charge in [-0.1, -0.05) is 18.2 Å². The maximum absolute atomic E-state index is 13.4. The SMILES string of the molecule is O=C(CCc1ccccc1F)C1CCCNC1. The van der Waals surface area contributed by atoms with E-state index in [0.717, 1.165) is 25.9 Å². The van der Waals surface area contributed by atoms with E-state index in [1.807, 2.05) is 6.07 Å². The molecule has 1 aliphatic heterocycles. The van der Waals surface area contributed by atoms with Crippen LogP contribution in [0.2, 0.25) is 0 Å². The van der Waals surface area contributed by atoms with Gasteiger partial charge in [0.25, 0.3) is 0 Å². The van der Waals surface area contributed by atoms with Crippen molar-refractivity contribution in [3.8, 4) is 0 Å². The number of hydrogen-bond donors (Lipinski definition) is 1. The Kier molecular flexibility index (Phi) is 4.26. The minimum Gasteiger partial charge on any atom is -0.316 e. The van der Waals surface area contributed by atoms with E-state index in [-0.39, 0.29) is 17.5 Å². The molecule has 0 saturated carbocycles. The second-order valence-electron chi connectivity index (χ2n) is 4.60. The zero-order valence-corrected chi connectivity index (χ0v) is 9.92. The van der Waals surface area contributed by atoms with Crippen LogP contribution in [-0.4, -0.2) is 18.9 Å². The zero-order chi connectivity index (χ0) is 12.1. The smallest absolute Gasteiger partial charge is 0.137 e. The van der Waals surface area contributed by atoms with Crippen molar-refractivity contribution < 1.29 is 9.18 Å². The molecule has 0 spiro atoms.